The number of nitrogens with one attached hydrogen (secondary N) is 1. The molecule has 1 atom stereocenters. The largest absolute Gasteiger partial charge is 0.497 e. The number of amides is 1. The molecule has 0 aliphatic heterocycles. The summed E-state index contributed by atoms with van der Waals surface area (Å²) in [6, 6.07) is 7.68. The molecule has 1 heterocycles. The van der Waals surface area contributed by atoms with E-state index in [0.717, 1.165) is 22.7 Å². The van der Waals surface area contributed by atoms with Crippen LogP contribution in [0, 0.1) is 0 Å². The van der Waals surface area contributed by atoms with Crippen LogP contribution >= 0.6 is 11.3 Å². The molecule has 1 amide bonds. The quantitative estimate of drug-likeness (QED) is 0.822. The van der Waals surface area contributed by atoms with Gasteiger partial charge in [0, 0.05) is 11.8 Å². The van der Waals surface area contributed by atoms with Crippen molar-refractivity contribution in [1.29, 1.82) is 0 Å². The van der Waals surface area contributed by atoms with Gasteiger partial charge in [-0.1, -0.05) is 19.1 Å². The summed E-state index contributed by atoms with van der Waals surface area (Å²) in [4.78, 5) is 16.6. The Morgan fingerprint density at radius 2 is 2.14 bits per heavy atom. The van der Waals surface area contributed by atoms with Gasteiger partial charge in [-0.25, -0.2) is 4.98 Å². The summed E-state index contributed by atoms with van der Waals surface area (Å²) >= 11 is 1.47. The number of rotatable bonds is 7. The molecule has 0 saturated carbocycles. The Hall–Kier alpha value is -1.92. The second-order valence-corrected chi connectivity index (χ2v) is 5.82. The third-order valence-corrected chi connectivity index (χ3v) is 4.28. The number of thiazole rings is 1. The molecule has 0 saturated heterocycles. The monoisotopic (exact) mass is 319 g/mol. The van der Waals surface area contributed by atoms with Crippen molar-refractivity contribution in [2.75, 3.05) is 13.7 Å². The maximum absolute atomic E-state index is 12.3. The van der Waals surface area contributed by atoms with Crippen LogP contribution in [0.1, 0.15) is 40.4 Å². The summed E-state index contributed by atoms with van der Waals surface area (Å²) in [7, 11) is 1.63. The van der Waals surface area contributed by atoms with Crippen LogP contribution in [-0.2, 0) is 6.42 Å². The molecular weight excluding hydrogens is 298 g/mol. The summed E-state index contributed by atoms with van der Waals surface area (Å²) in [6.07, 6.45) is 1.51. The third-order valence-electron chi connectivity index (χ3n) is 3.37. The molecule has 2 aromatic rings. The molecule has 0 spiro atoms. The lowest BCUT2D eigenvalue weighted by molar-refractivity contribution is 0.0931. The summed E-state index contributed by atoms with van der Waals surface area (Å²) in [5, 5.41) is 5.70. The Bertz CT molecular complexity index is 610. The number of hydrogen-bond acceptors (Lipinski definition) is 5. The minimum atomic E-state index is -0.151. The lowest BCUT2D eigenvalue weighted by atomic mass is 10.0. The molecule has 0 fully saturated rings. The number of ether oxygens (including phenoxy) is 1. The Labute approximate surface area is 134 Å². The van der Waals surface area contributed by atoms with E-state index in [1.165, 1.54) is 11.3 Å². The topological polar surface area (TPSA) is 77.2 Å². The highest BCUT2D eigenvalue weighted by Crippen LogP contribution is 2.21. The average Bonchev–Trinajstić information content (AvgIpc) is 3.02. The molecule has 0 aliphatic rings. The van der Waals surface area contributed by atoms with Gasteiger partial charge in [-0.3, -0.25) is 4.79 Å². The van der Waals surface area contributed by atoms with Crippen LogP contribution in [-0.4, -0.2) is 24.5 Å². The predicted molar refractivity (Wildman–Crippen MR) is 88.4 cm³/mol. The zero-order valence-corrected chi connectivity index (χ0v) is 13.7. The van der Waals surface area contributed by atoms with Gasteiger partial charge in [-0.15, -0.1) is 11.3 Å². The smallest absolute Gasteiger partial charge is 0.271 e. The van der Waals surface area contributed by atoms with Gasteiger partial charge in [-0.05, 0) is 30.7 Å². The fourth-order valence-corrected chi connectivity index (χ4v) is 2.94. The Morgan fingerprint density at radius 1 is 1.41 bits per heavy atom. The summed E-state index contributed by atoms with van der Waals surface area (Å²) in [6.45, 7) is 2.58. The minimum Gasteiger partial charge on any atom is -0.497 e. The maximum atomic E-state index is 12.3. The third kappa shape index (κ3) is 4.05. The summed E-state index contributed by atoms with van der Waals surface area (Å²) in [5.41, 5.74) is 7.01. The van der Waals surface area contributed by atoms with Crippen LogP contribution in [0.25, 0.3) is 0 Å². The van der Waals surface area contributed by atoms with Gasteiger partial charge in [-0.2, -0.15) is 0 Å². The van der Waals surface area contributed by atoms with E-state index in [0.29, 0.717) is 18.7 Å². The number of benzene rings is 1. The van der Waals surface area contributed by atoms with Crippen molar-refractivity contribution in [3.63, 3.8) is 0 Å². The number of nitrogens with two attached hydrogens (primary N) is 1. The fourth-order valence-electron chi connectivity index (χ4n) is 2.14. The van der Waals surface area contributed by atoms with Crippen LogP contribution in [0.2, 0.25) is 0 Å². The maximum Gasteiger partial charge on any atom is 0.271 e. The van der Waals surface area contributed by atoms with Crippen molar-refractivity contribution in [3.8, 4) is 5.75 Å². The van der Waals surface area contributed by atoms with Crippen LogP contribution in [0.3, 0.4) is 0 Å². The highest BCUT2D eigenvalue weighted by Gasteiger charge is 2.16. The first-order valence-corrected chi connectivity index (χ1v) is 8.15. The van der Waals surface area contributed by atoms with E-state index < -0.39 is 0 Å². The number of carbonyl (C=O) groups is 1. The van der Waals surface area contributed by atoms with Gasteiger partial charge < -0.3 is 15.8 Å². The zero-order valence-electron chi connectivity index (χ0n) is 12.8. The van der Waals surface area contributed by atoms with Crippen LogP contribution < -0.4 is 15.8 Å². The summed E-state index contributed by atoms with van der Waals surface area (Å²) < 4.78 is 5.15. The first kappa shape index (κ1) is 16.5. The number of aromatic nitrogens is 1. The van der Waals surface area contributed by atoms with Gasteiger partial charge in [0.05, 0.1) is 18.2 Å². The van der Waals surface area contributed by atoms with Gasteiger partial charge in [0.2, 0.25) is 0 Å². The minimum absolute atomic E-state index is 0.0435. The van der Waals surface area contributed by atoms with Crippen LogP contribution in [0.5, 0.6) is 5.75 Å². The highest BCUT2D eigenvalue weighted by molar-refractivity contribution is 7.09. The van der Waals surface area contributed by atoms with Crippen molar-refractivity contribution in [1.82, 2.24) is 10.3 Å². The molecule has 0 bridgehead atoms. The Balaban J connectivity index is 2.05. The van der Waals surface area contributed by atoms with Gasteiger partial charge >= 0.3 is 0 Å². The molecule has 5 nitrogen and oxygen atoms in total. The lowest BCUT2D eigenvalue weighted by Crippen LogP contribution is -2.28. The molecule has 1 unspecified atom stereocenters. The van der Waals surface area contributed by atoms with E-state index in [-0.39, 0.29) is 11.9 Å². The highest BCUT2D eigenvalue weighted by atomic mass is 32.1. The number of carbonyl (C=O) groups excluding carboxylic acids is 1. The molecule has 22 heavy (non-hydrogen) atoms. The number of methoxy groups -OCH3 is 1. The van der Waals surface area contributed by atoms with E-state index in [9.17, 15) is 4.79 Å². The van der Waals surface area contributed by atoms with Crippen molar-refractivity contribution >= 4 is 17.2 Å². The summed E-state index contributed by atoms with van der Waals surface area (Å²) in [5.74, 6) is 0.651. The van der Waals surface area contributed by atoms with Crippen LogP contribution in [0.4, 0.5) is 0 Å². The molecule has 1 aromatic carbocycles. The molecule has 6 heteroatoms. The van der Waals surface area contributed by atoms with E-state index in [1.54, 1.807) is 12.5 Å². The molecule has 0 aliphatic carbocycles. The second-order valence-electron chi connectivity index (χ2n) is 4.87. The second kappa shape index (κ2) is 7.91. The molecule has 118 valence electrons. The standard InChI is InChI=1S/C16H21N3O2S/c1-3-13(11-4-6-12(21-2)7-5-11)19-16(20)14-10-22-15(18-14)8-9-17/h4-7,10,13H,3,8-9,17H2,1-2H3,(H,19,20). The SMILES string of the molecule is CCC(NC(=O)c1csc(CCN)n1)c1ccc(OC)cc1. The first-order valence-electron chi connectivity index (χ1n) is 7.27. The first-order chi connectivity index (χ1) is 10.7. The van der Waals surface area contributed by atoms with Gasteiger partial charge in [0.15, 0.2) is 0 Å². The van der Waals surface area contributed by atoms with Crippen molar-refractivity contribution in [3.05, 3.63) is 45.9 Å². The predicted octanol–water partition coefficient (Wildman–Crippen LogP) is 2.53. The van der Waals surface area contributed by atoms with Gasteiger partial charge in [0.1, 0.15) is 11.4 Å². The molecule has 1 aromatic heterocycles. The molecule has 0 radical (unpaired) electrons. The Morgan fingerprint density at radius 3 is 2.73 bits per heavy atom. The normalized spacial score (nSPS) is 12.0. The van der Waals surface area contributed by atoms with Crippen molar-refractivity contribution in [2.45, 2.75) is 25.8 Å². The van der Waals surface area contributed by atoms with Crippen molar-refractivity contribution < 1.29 is 9.53 Å². The number of hydrogen-bond donors (Lipinski definition) is 2. The van der Waals surface area contributed by atoms with Gasteiger partial charge in [0.25, 0.3) is 5.91 Å². The fraction of sp³-hybridized carbons (Fsp3) is 0.375. The molecule has 3 N–H and O–H groups in total. The van der Waals surface area contributed by atoms with E-state index >= 15 is 0 Å². The molecular formula is C16H21N3O2S. The van der Waals surface area contributed by atoms with E-state index in [2.05, 4.69) is 10.3 Å². The molecule has 2 rings (SSSR count). The van der Waals surface area contributed by atoms with E-state index in [1.807, 2.05) is 31.2 Å². The number of nitrogens with zero attached hydrogens (tertiary/aromatic N) is 1. The Kier molecular flexibility index (Phi) is 5.91. The zero-order chi connectivity index (χ0) is 15.9. The van der Waals surface area contributed by atoms with Crippen LogP contribution in [0.15, 0.2) is 29.6 Å². The average molecular weight is 319 g/mol. The van der Waals surface area contributed by atoms with Crippen molar-refractivity contribution in [2.24, 2.45) is 5.73 Å². The van der Waals surface area contributed by atoms with E-state index in [4.69, 9.17) is 10.5 Å². The lowest BCUT2D eigenvalue weighted by Gasteiger charge is -2.17.